The van der Waals surface area contributed by atoms with Gasteiger partial charge in [0.05, 0.1) is 15.1 Å². The van der Waals surface area contributed by atoms with E-state index < -0.39 is 0 Å². The van der Waals surface area contributed by atoms with Gasteiger partial charge in [0.1, 0.15) is 0 Å². The summed E-state index contributed by atoms with van der Waals surface area (Å²) >= 11 is 17.6. The third-order valence-corrected chi connectivity index (χ3v) is 3.06. The smallest absolute Gasteiger partial charge is 0.0781 e. The van der Waals surface area contributed by atoms with E-state index in [0.717, 1.165) is 5.56 Å². The van der Waals surface area contributed by atoms with Crippen LogP contribution in [0.1, 0.15) is 11.5 Å². The maximum Gasteiger partial charge on any atom is 0.0781 e. The van der Waals surface area contributed by atoms with E-state index in [9.17, 15) is 0 Å². The molecule has 0 aliphatic heterocycles. The average Bonchev–Trinajstić information content (AvgIpc) is 2.13. The molecular formula is C10H8Cl3. The van der Waals surface area contributed by atoms with E-state index in [1.807, 2.05) is 0 Å². The summed E-state index contributed by atoms with van der Waals surface area (Å²) in [6, 6.07) is 3.50. The Kier molecular flexibility index (Phi) is 3.66. The zero-order valence-electron chi connectivity index (χ0n) is 6.86. The molecule has 0 aliphatic carbocycles. The first kappa shape index (κ1) is 10.9. The van der Waals surface area contributed by atoms with Crippen LogP contribution in [0.4, 0.5) is 0 Å². The largest absolute Gasteiger partial charge is 0.102 e. The molecule has 1 aromatic rings. The van der Waals surface area contributed by atoms with Gasteiger partial charge in [-0.25, -0.2) is 0 Å². The molecule has 1 atom stereocenters. The van der Waals surface area contributed by atoms with Crippen molar-refractivity contribution in [1.82, 2.24) is 0 Å². The van der Waals surface area contributed by atoms with Gasteiger partial charge in [0, 0.05) is 5.92 Å². The quantitative estimate of drug-likeness (QED) is 0.512. The summed E-state index contributed by atoms with van der Waals surface area (Å²) in [5, 5.41) is 1.28. The van der Waals surface area contributed by atoms with Crippen molar-refractivity contribution in [3.8, 4) is 0 Å². The van der Waals surface area contributed by atoms with Crippen LogP contribution in [0, 0.1) is 6.92 Å². The van der Waals surface area contributed by atoms with Crippen molar-refractivity contribution in [3.63, 3.8) is 0 Å². The second-order valence-electron chi connectivity index (χ2n) is 2.61. The fourth-order valence-corrected chi connectivity index (χ4v) is 1.64. The molecular weight excluding hydrogens is 226 g/mol. The minimum Gasteiger partial charge on any atom is -0.102 e. The van der Waals surface area contributed by atoms with Crippen LogP contribution in [0.3, 0.4) is 0 Å². The standard InChI is InChI=1S/C10H8Cl3/c1-3-6(2)7-4-5-8(11)10(13)9(7)12/h3-6H,1-2H2. The van der Waals surface area contributed by atoms with Crippen molar-refractivity contribution < 1.29 is 0 Å². The first-order valence-corrected chi connectivity index (χ1v) is 4.80. The molecule has 0 amide bonds. The molecule has 1 rings (SSSR count). The molecule has 1 unspecified atom stereocenters. The van der Waals surface area contributed by atoms with Crippen molar-refractivity contribution in [2.45, 2.75) is 5.92 Å². The van der Waals surface area contributed by atoms with Gasteiger partial charge in [0.15, 0.2) is 0 Å². The Labute approximate surface area is 93.1 Å². The Morgan fingerprint density at radius 2 is 1.77 bits per heavy atom. The lowest BCUT2D eigenvalue weighted by Crippen LogP contribution is -1.91. The number of halogens is 3. The topological polar surface area (TPSA) is 0 Å². The van der Waals surface area contributed by atoms with Crippen LogP contribution in [0.25, 0.3) is 0 Å². The van der Waals surface area contributed by atoms with Crippen molar-refractivity contribution in [3.05, 3.63) is 52.3 Å². The number of hydrogen-bond donors (Lipinski definition) is 0. The van der Waals surface area contributed by atoms with Crippen molar-refractivity contribution in [1.29, 1.82) is 0 Å². The van der Waals surface area contributed by atoms with Crippen LogP contribution >= 0.6 is 34.8 Å². The van der Waals surface area contributed by atoms with E-state index in [2.05, 4.69) is 13.5 Å². The van der Waals surface area contributed by atoms with Crippen molar-refractivity contribution >= 4 is 34.8 Å². The molecule has 0 nitrogen and oxygen atoms in total. The molecule has 0 saturated heterocycles. The van der Waals surface area contributed by atoms with Gasteiger partial charge in [-0.3, -0.25) is 0 Å². The molecule has 0 saturated carbocycles. The minimum absolute atomic E-state index is 0.0673. The van der Waals surface area contributed by atoms with E-state index in [1.165, 1.54) is 0 Å². The fourth-order valence-electron chi connectivity index (χ4n) is 0.954. The number of rotatable bonds is 2. The van der Waals surface area contributed by atoms with E-state index in [-0.39, 0.29) is 5.92 Å². The highest BCUT2D eigenvalue weighted by Crippen LogP contribution is 2.35. The molecule has 0 aliphatic rings. The summed E-state index contributed by atoms with van der Waals surface area (Å²) in [5.41, 5.74) is 0.839. The highest BCUT2D eigenvalue weighted by Gasteiger charge is 2.11. The molecule has 1 radical (unpaired) electrons. The van der Waals surface area contributed by atoms with Crippen molar-refractivity contribution in [2.75, 3.05) is 0 Å². The molecule has 0 bridgehead atoms. The highest BCUT2D eigenvalue weighted by molar-refractivity contribution is 6.48. The molecule has 69 valence electrons. The Morgan fingerprint density at radius 1 is 1.15 bits per heavy atom. The Morgan fingerprint density at radius 3 is 2.31 bits per heavy atom. The van der Waals surface area contributed by atoms with Gasteiger partial charge in [0.25, 0.3) is 0 Å². The van der Waals surface area contributed by atoms with E-state index in [4.69, 9.17) is 34.8 Å². The lowest BCUT2D eigenvalue weighted by Gasteiger charge is -2.10. The summed E-state index contributed by atoms with van der Waals surface area (Å²) in [4.78, 5) is 0. The summed E-state index contributed by atoms with van der Waals surface area (Å²) in [5.74, 6) is -0.0673. The zero-order chi connectivity index (χ0) is 10.0. The highest BCUT2D eigenvalue weighted by atomic mass is 35.5. The molecule has 0 spiro atoms. The Bertz CT molecular complexity index is 331. The summed E-state index contributed by atoms with van der Waals surface area (Å²) < 4.78 is 0. The molecule has 0 fully saturated rings. The normalized spacial score (nSPS) is 12.6. The van der Waals surface area contributed by atoms with Gasteiger partial charge in [0.2, 0.25) is 0 Å². The predicted octanol–water partition coefficient (Wildman–Crippen LogP) is 4.75. The Hall–Kier alpha value is -0.170. The molecule has 0 heterocycles. The SMILES string of the molecule is [CH2]C(C=C)c1ccc(Cl)c(Cl)c1Cl. The fraction of sp³-hybridized carbons (Fsp3) is 0.100. The maximum atomic E-state index is 5.97. The lowest BCUT2D eigenvalue weighted by molar-refractivity contribution is 1.09. The summed E-state index contributed by atoms with van der Waals surface area (Å²) in [6.45, 7) is 7.49. The van der Waals surface area contributed by atoms with Crippen LogP contribution in [0.15, 0.2) is 24.8 Å². The van der Waals surface area contributed by atoms with Crippen LogP contribution in [-0.4, -0.2) is 0 Å². The van der Waals surface area contributed by atoms with Crippen molar-refractivity contribution in [2.24, 2.45) is 0 Å². The van der Waals surface area contributed by atoms with E-state index in [0.29, 0.717) is 15.1 Å². The summed E-state index contributed by atoms with van der Waals surface area (Å²) in [6.07, 6.45) is 1.70. The van der Waals surface area contributed by atoms with Crippen LogP contribution in [-0.2, 0) is 0 Å². The maximum absolute atomic E-state index is 5.97. The molecule has 13 heavy (non-hydrogen) atoms. The molecule has 1 aromatic carbocycles. The van der Waals surface area contributed by atoms with E-state index >= 15 is 0 Å². The molecule has 3 heteroatoms. The number of hydrogen-bond acceptors (Lipinski definition) is 0. The van der Waals surface area contributed by atoms with Gasteiger partial charge < -0.3 is 0 Å². The second-order valence-corrected chi connectivity index (χ2v) is 3.77. The van der Waals surface area contributed by atoms with Gasteiger partial charge in [-0.15, -0.1) is 6.58 Å². The number of allylic oxidation sites excluding steroid dienone is 1. The Balaban J connectivity index is 3.25. The van der Waals surface area contributed by atoms with Gasteiger partial charge in [-0.1, -0.05) is 46.9 Å². The number of benzene rings is 1. The van der Waals surface area contributed by atoms with Crippen LogP contribution in [0.2, 0.25) is 15.1 Å². The zero-order valence-corrected chi connectivity index (χ0v) is 9.13. The van der Waals surface area contributed by atoms with Gasteiger partial charge in [-0.2, -0.15) is 0 Å². The minimum atomic E-state index is -0.0673. The third kappa shape index (κ3) is 2.19. The van der Waals surface area contributed by atoms with Crippen LogP contribution in [0.5, 0.6) is 0 Å². The predicted molar refractivity (Wildman–Crippen MR) is 59.8 cm³/mol. The summed E-state index contributed by atoms with van der Waals surface area (Å²) in [7, 11) is 0. The molecule has 0 aromatic heterocycles. The van der Waals surface area contributed by atoms with Gasteiger partial charge in [-0.05, 0) is 18.6 Å². The molecule has 0 N–H and O–H groups in total. The average molecular weight is 235 g/mol. The third-order valence-electron chi connectivity index (χ3n) is 1.75. The monoisotopic (exact) mass is 233 g/mol. The lowest BCUT2D eigenvalue weighted by atomic mass is 10.0. The van der Waals surface area contributed by atoms with Crippen LogP contribution < -0.4 is 0 Å². The first-order valence-electron chi connectivity index (χ1n) is 3.67. The van der Waals surface area contributed by atoms with E-state index in [1.54, 1.807) is 18.2 Å². The second kappa shape index (κ2) is 4.36. The van der Waals surface area contributed by atoms with Gasteiger partial charge >= 0.3 is 0 Å². The first-order chi connectivity index (χ1) is 6.07.